The number of carbonyl (C=O) groups excluding carboxylic acids is 1. The smallest absolute Gasteiger partial charge is 0.194 e. The molecule has 0 saturated heterocycles. The van der Waals surface area contributed by atoms with Crippen molar-refractivity contribution in [2.45, 2.75) is 44.9 Å². The summed E-state index contributed by atoms with van der Waals surface area (Å²) in [4.78, 5) is 13.1. The van der Waals surface area contributed by atoms with Gasteiger partial charge in [-0.3, -0.25) is 4.79 Å². The van der Waals surface area contributed by atoms with Gasteiger partial charge in [0.05, 0.1) is 0 Å². The van der Waals surface area contributed by atoms with Crippen LogP contribution in [0.15, 0.2) is 84.9 Å². The van der Waals surface area contributed by atoms with Crippen LogP contribution in [0, 0.1) is 0 Å². The van der Waals surface area contributed by atoms with Gasteiger partial charge < -0.3 is 0 Å². The predicted molar refractivity (Wildman–Crippen MR) is 137 cm³/mol. The van der Waals surface area contributed by atoms with E-state index in [-0.39, 0.29) is 11.2 Å². The molecule has 0 spiro atoms. The summed E-state index contributed by atoms with van der Waals surface area (Å²) < 4.78 is 0. The normalized spacial score (nSPS) is 14.5. The van der Waals surface area contributed by atoms with Crippen molar-refractivity contribution in [2.75, 3.05) is 0 Å². The summed E-state index contributed by atoms with van der Waals surface area (Å²) in [6, 6.07) is 30.3. The summed E-state index contributed by atoms with van der Waals surface area (Å²) in [5.41, 5.74) is 11.9. The highest BCUT2D eigenvalue weighted by atomic mass is 16.1. The molecule has 1 nitrogen and oxygen atoms in total. The molecule has 0 amide bonds. The maximum absolute atomic E-state index is 13.1. The zero-order chi connectivity index (χ0) is 22.6. The first-order valence-electron chi connectivity index (χ1n) is 12.2. The highest BCUT2D eigenvalue weighted by Gasteiger charge is 2.41. The van der Waals surface area contributed by atoms with Crippen LogP contribution in [0.3, 0.4) is 0 Å². The molecule has 0 N–H and O–H groups in total. The molecule has 0 atom stereocenters. The number of fused-ring (bicyclic) bond motifs is 6. The van der Waals surface area contributed by atoms with Crippen LogP contribution < -0.4 is 0 Å². The molecule has 0 unspecified atom stereocenters. The van der Waals surface area contributed by atoms with Gasteiger partial charge in [0.2, 0.25) is 0 Å². The molecule has 0 fully saturated rings. The lowest BCUT2D eigenvalue weighted by Gasteiger charge is -2.32. The van der Waals surface area contributed by atoms with E-state index in [4.69, 9.17) is 0 Å². The van der Waals surface area contributed by atoms with E-state index in [1.165, 1.54) is 27.8 Å². The van der Waals surface area contributed by atoms with E-state index in [1.54, 1.807) is 0 Å². The van der Waals surface area contributed by atoms with Crippen molar-refractivity contribution in [3.8, 4) is 33.4 Å². The second-order valence-electron chi connectivity index (χ2n) is 9.52. The van der Waals surface area contributed by atoms with Crippen molar-refractivity contribution in [1.29, 1.82) is 0 Å². The third-order valence-electron chi connectivity index (χ3n) is 7.68. The fraction of sp³-hybridized carbons (Fsp3) is 0.219. The molecule has 4 aromatic carbocycles. The van der Waals surface area contributed by atoms with Gasteiger partial charge in [0.25, 0.3) is 0 Å². The van der Waals surface area contributed by atoms with Gasteiger partial charge in [-0.1, -0.05) is 99.5 Å². The van der Waals surface area contributed by atoms with E-state index >= 15 is 0 Å². The molecule has 0 aromatic heterocycles. The van der Waals surface area contributed by atoms with Crippen LogP contribution in [0.25, 0.3) is 33.4 Å². The quantitative estimate of drug-likeness (QED) is 0.274. The lowest BCUT2D eigenvalue weighted by Crippen LogP contribution is -2.25. The first kappa shape index (κ1) is 20.2. The summed E-state index contributed by atoms with van der Waals surface area (Å²) in [7, 11) is 0. The largest absolute Gasteiger partial charge is 0.289 e. The highest BCUT2D eigenvalue weighted by molar-refractivity contribution is 6.22. The van der Waals surface area contributed by atoms with E-state index in [0.29, 0.717) is 0 Å². The van der Waals surface area contributed by atoms with E-state index < -0.39 is 0 Å². The van der Waals surface area contributed by atoms with Crippen molar-refractivity contribution in [2.24, 2.45) is 0 Å². The molecule has 0 bridgehead atoms. The van der Waals surface area contributed by atoms with Crippen molar-refractivity contribution < 1.29 is 4.79 Å². The maximum Gasteiger partial charge on any atom is 0.194 e. The van der Waals surface area contributed by atoms with E-state index in [0.717, 1.165) is 53.5 Å². The van der Waals surface area contributed by atoms with Gasteiger partial charge in [-0.25, -0.2) is 0 Å². The SMILES string of the molecule is CCCC1(CCC)c2ccccc2-c2ccc(-c3ccc4c(c3)C(=O)c3ccccc3-4)cc21. The lowest BCUT2D eigenvalue weighted by atomic mass is 9.71. The Labute approximate surface area is 196 Å². The van der Waals surface area contributed by atoms with Crippen LogP contribution in [0.2, 0.25) is 0 Å². The van der Waals surface area contributed by atoms with Crippen molar-refractivity contribution in [3.05, 3.63) is 107 Å². The fourth-order valence-corrected chi connectivity index (χ4v) is 6.36. The second-order valence-corrected chi connectivity index (χ2v) is 9.52. The molecular weight excluding hydrogens is 400 g/mol. The average molecular weight is 429 g/mol. The van der Waals surface area contributed by atoms with Crippen LogP contribution in [0.1, 0.15) is 66.6 Å². The minimum absolute atomic E-state index is 0.0776. The third-order valence-corrected chi connectivity index (χ3v) is 7.68. The Kier molecular flexibility index (Phi) is 4.62. The van der Waals surface area contributed by atoms with Crippen LogP contribution in [-0.2, 0) is 5.41 Å². The number of hydrogen-bond acceptors (Lipinski definition) is 1. The Morgan fingerprint density at radius 3 is 1.82 bits per heavy atom. The zero-order valence-electron chi connectivity index (χ0n) is 19.3. The predicted octanol–water partition coefficient (Wildman–Crippen LogP) is 8.43. The Morgan fingerprint density at radius 1 is 0.545 bits per heavy atom. The van der Waals surface area contributed by atoms with Crippen LogP contribution in [0.4, 0.5) is 0 Å². The second kappa shape index (κ2) is 7.56. The molecule has 1 heteroatoms. The number of rotatable bonds is 5. The van der Waals surface area contributed by atoms with E-state index in [9.17, 15) is 4.79 Å². The summed E-state index contributed by atoms with van der Waals surface area (Å²) in [5.74, 6) is 0.141. The minimum atomic E-state index is 0.0776. The zero-order valence-corrected chi connectivity index (χ0v) is 19.3. The fourth-order valence-electron chi connectivity index (χ4n) is 6.36. The topological polar surface area (TPSA) is 17.1 Å². The molecule has 4 aromatic rings. The first-order chi connectivity index (χ1) is 16.2. The Balaban J connectivity index is 1.50. The van der Waals surface area contributed by atoms with Gasteiger partial charge in [0.1, 0.15) is 0 Å². The minimum Gasteiger partial charge on any atom is -0.289 e. The Morgan fingerprint density at radius 2 is 1.09 bits per heavy atom. The lowest BCUT2D eigenvalue weighted by molar-refractivity contribution is 0.104. The highest BCUT2D eigenvalue weighted by Crippen LogP contribution is 2.54. The van der Waals surface area contributed by atoms with Gasteiger partial charge in [-0.2, -0.15) is 0 Å². The number of benzene rings is 4. The van der Waals surface area contributed by atoms with Gasteiger partial charge in [0, 0.05) is 16.5 Å². The molecule has 0 heterocycles. The Bertz CT molecular complexity index is 1400. The molecule has 0 saturated carbocycles. The van der Waals surface area contributed by atoms with Crippen LogP contribution in [0.5, 0.6) is 0 Å². The van der Waals surface area contributed by atoms with Crippen molar-refractivity contribution in [3.63, 3.8) is 0 Å². The summed E-state index contributed by atoms with van der Waals surface area (Å²) in [5, 5.41) is 0. The van der Waals surface area contributed by atoms with E-state index in [2.05, 4.69) is 80.6 Å². The van der Waals surface area contributed by atoms with Gasteiger partial charge in [-0.05, 0) is 69.5 Å². The molecule has 2 aliphatic rings. The average Bonchev–Trinajstić information content (AvgIpc) is 3.29. The summed E-state index contributed by atoms with van der Waals surface area (Å²) in [6.07, 6.45) is 4.63. The van der Waals surface area contributed by atoms with Crippen LogP contribution >= 0.6 is 0 Å². The number of hydrogen-bond donors (Lipinski definition) is 0. The molecule has 2 aliphatic carbocycles. The standard InChI is InChI=1S/C32H28O/c1-3-17-32(18-4-2)29-12-8-7-10-25(29)26-16-14-22(20-30(26)32)21-13-15-24-23-9-5-6-11-27(23)31(33)28(24)19-21/h5-16,19-20H,3-4,17-18H2,1-2H3. The van der Waals surface area contributed by atoms with Crippen molar-refractivity contribution in [1.82, 2.24) is 0 Å². The summed E-state index contributed by atoms with van der Waals surface area (Å²) >= 11 is 0. The van der Waals surface area contributed by atoms with Crippen molar-refractivity contribution >= 4 is 5.78 Å². The van der Waals surface area contributed by atoms with Gasteiger partial charge in [0.15, 0.2) is 5.78 Å². The molecular formula is C32H28O. The molecule has 33 heavy (non-hydrogen) atoms. The first-order valence-corrected chi connectivity index (χ1v) is 12.2. The maximum atomic E-state index is 13.1. The monoisotopic (exact) mass is 428 g/mol. The Hall–Kier alpha value is -3.45. The number of ketones is 1. The summed E-state index contributed by atoms with van der Waals surface area (Å²) in [6.45, 7) is 4.59. The molecule has 0 aliphatic heterocycles. The molecule has 6 rings (SSSR count). The number of carbonyl (C=O) groups is 1. The van der Waals surface area contributed by atoms with E-state index in [1.807, 2.05) is 18.2 Å². The third kappa shape index (κ3) is 2.82. The van der Waals surface area contributed by atoms with Gasteiger partial charge in [-0.15, -0.1) is 0 Å². The molecule has 162 valence electrons. The van der Waals surface area contributed by atoms with Crippen LogP contribution in [-0.4, -0.2) is 5.78 Å². The van der Waals surface area contributed by atoms with Gasteiger partial charge >= 0.3 is 0 Å². The molecule has 0 radical (unpaired) electrons.